The van der Waals surface area contributed by atoms with E-state index in [4.69, 9.17) is 4.74 Å². The molecule has 36 heavy (non-hydrogen) atoms. The number of benzene rings is 2. The van der Waals surface area contributed by atoms with Gasteiger partial charge in [-0.2, -0.15) is 0 Å². The second-order valence-corrected chi connectivity index (χ2v) is 9.18. The van der Waals surface area contributed by atoms with Gasteiger partial charge in [-0.05, 0) is 55.5 Å². The fourth-order valence-corrected chi connectivity index (χ4v) is 3.43. The first-order chi connectivity index (χ1) is 16.9. The molecule has 0 radical (unpaired) electrons. The Bertz CT molecular complexity index is 1180. The SMILES string of the molecule is CCc1cnc(N(CCc2ccc(OC(C)(C)C(=O)O)c(F)c2)Cc2ccc(C(C)(F)F)cc2)nc1. The maximum Gasteiger partial charge on any atom is 0.347 e. The lowest BCUT2D eigenvalue weighted by Gasteiger charge is -2.24. The van der Waals surface area contributed by atoms with Crippen LogP contribution in [0, 0.1) is 5.82 Å². The van der Waals surface area contributed by atoms with Crippen LogP contribution < -0.4 is 9.64 Å². The fourth-order valence-electron chi connectivity index (χ4n) is 3.43. The molecule has 1 aromatic heterocycles. The minimum Gasteiger partial charge on any atom is -0.478 e. The molecule has 1 N–H and O–H groups in total. The lowest BCUT2D eigenvalue weighted by atomic mass is 10.1. The van der Waals surface area contributed by atoms with Gasteiger partial charge in [-0.1, -0.05) is 37.3 Å². The van der Waals surface area contributed by atoms with Crippen LogP contribution in [-0.4, -0.2) is 33.2 Å². The minimum absolute atomic E-state index is 0.0646. The highest BCUT2D eigenvalue weighted by Crippen LogP contribution is 2.27. The molecule has 3 aromatic rings. The van der Waals surface area contributed by atoms with Crippen molar-refractivity contribution in [1.29, 1.82) is 0 Å². The number of carboxylic acid groups (broad SMARTS) is 1. The first-order valence-electron chi connectivity index (χ1n) is 11.6. The molecule has 192 valence electrons. The van der Waals surface area contributed by atoms with E-state index in [-0.39, 0.29) is 11.3 Å². The molecule has 0 amide bonds. The summed E-state index contributed by atoms with van der Waals surface area (Å²) >= 11 is 0. The second kappa shape index (κ2) is 11.0. The topological polar surface area (TPSA) is 75.6 Å². The molecule has 0 atom stereocenters. The summed E-state index contributed by atoms with van der Waals surface area (Å²) in [6, 6.07) is 10.5. The summed E-state index contributed by atoms with van der Waals surface area (Å²) in [5.41, 5.74) is 0.819. The smallest absolute Gasteiger partial charge is 0.347 e. The van der Waals surface area contributed by atoms with Crippen molar-refractivity contribution in [2.24, 2.45) is 0 Å². The van der Waals surface area contributed by atoms with Gasteiger partial charge in [-0.25, -0.2) is 27.9 Å². The summed E-state index contributed by atoms with van der Waals surface area (Å²) in [6.45, 7) is 6.35. The zero-order valence-electron chi connectivity index (χ0n) is 20.8. The number of rotatable bonds is 11. The molecule has 0 aliphatic carbocycles. The molecule has 0 fully saturated rings. The molecule has 0 unspecified atom stereocenters. The number of hydrogen-bond donors (Lipinski definition) is 1. The number of aryl methyl sites for hydroxylation is 1. The number of hydrogen-bond acceptors (Lipinski definition) is 5. The fraction of sp³-hybridized carbons (Fsp3) is 0.370. The van der Waals surface area contributed by atoms with Crippen LogP contribution in [0.1, 0.15) is 49.9 Å². The van der Waals surface area contributed by atoms with Crippen LogP contribution in [-0.2, 0) is 30.1 Å². The quantitative estimate of drug-likeness (QED) is 0.359. The highest BCUT2D eigenvalue weighted by molar-refractivity contribution is 5.76. The molecular formula is C27H30F3N3O3. The van der Waals surface area contributed by atoms with E-state index >= 15 is 0 Å². The number of carbonyl (C=O) groups is 1. The van der Waals surface area contributed by atoms with Crippen molar-refractivity contribution in [3.63, 3.8) is 0 Å². The van der Waals surface area contributed by atoms with Gasteiger partial charge in [-0.15, -0.1) is 0 Å². The molecule has 0 spiro atoms. The predicted molar refractivity (Wildman–Crippen MR) is 131 cm³/mol. The van der Waals surface area contributed by atoms with Crippen molar-refractivity contribution in [1.82, 2.24) is 9.97 Å². The lowest BCUT2D eigenvalue weighted by molar-refractivity contribution is -0.152. The maximum atomic E-state index is 14.6. The Hall–Kier alpha value is -3.62. The zero-order chi connectivity index (χ0) is 26.5. The molecule has 0 saturated heterocycles. The van der Waals surface area contributed by atoms with E-state index in [1.807, 2.05) is 11.8 Å². The standard InChI is InChI=1S/C27H30F3N3O3/c1-5-18-15-31-25(32-16-18)33(17-20-6-9-21(10-7-20)27(4,29)30)13-12-19-8-11-23(22(28)14-19)36-26(2,3)24(34)35/h6-11,14-16H,5,12-13,17H2,1-4H3,(H,34,35). The van der Waals surface area contributed by atoms with Gasteiger partial charge >= 0.3 is 5.97 Å². The number of carboxylic acids is 1. The summed E-state index contributed by atoms with van der Waals surface area (Å²) in [4.78, 5) is 22.1. The minimum atomic E-state index is -2.92. The molecule has 0 bridgehead atoms. The van der Waals surface area contributed by atoms with E-state index < -0.39 is 23.3 Å². The zero-order valence-corrected chi connectivity index (χ0v) is 20.8. The molecule has 9 heteroatoms. The lowest BCUT2D eigenvalue weighted by Crippen LogP contribution is -2.38. The first kappa shape index (κ1) is 27.0. The van der Waals surface area contributed by atoms with Gasteiger partial charge in [0.1, 0.15) is 0 Å². The number of nitrogens with zero attached hydrogens (tertiary/aromatic N) is 3. The highest BCUT2D eigenvalue weighted by atomic mass is 19.3. The third-order valence-electron chi connectivity index (χ3n) is 5.76. The number of ether oxygens (including phenoxy) is 1. The number of anilines is 1. The van der Waals surface area contributed by atoms with Crippen LogP contribution >= 0.6 is 0 Å². The molecule has 2 aromatic carbocycles. The molecule has 0 aliphatic heterocycles. The van der Waals surface area contributed by atoms with Crippen LogP contribution in [0.15, 0.2) is 54.9 Å². The van der Waals surface area contributed by atoms with Crippen molar-refractivity contribution >= 4 is 11.9 Å². The van der Waals surface area contributed by atoms with Gasteiger partial charge in [0.15, 0.2) is 17.2 Å². The van der Waals surface area contributed by atoms with Crippen LogP contribution in [0.2, 0.25) is 0 Å². The van der Waals surface area contributed by atoms with Crippen molar-refractivity contribution in [3.8, 4) is 5.75 Å². The van der Waals surface area contributed by atoms with Crippen molar-refractivity contribution < 1.29 is 27.8 Å². The van der Waals surface area contributed by atoms with Gasteiger partial charge < -0.3 is 14.7 Å². The molecule has 0 saturated carbocycles. The largest absolute Gasteiger partial charge is 0.478 e. The Morgan fingerprint density at radius 3 is 2.14 bits per heavy atom. The van der Waals surface area contributed by atoms with E-state index in [1.54, 1.807) is 30.6 Å². The van der Waals surface area contributed by atoms with Gasteiger partial charge in [0.2, 0.25) is 5.95 Å². The van der Waals surface area contributed by atoms with Crippen molar-refractivity contribution in [2.45, 2.75) is 58.6 Å². The Balaban J connectivity index is 1.78. The summed E-state index contributed by atoms with van der Waals surface area (Å²) in [6.07, 6.45) is 4.71. The highest BCUT2D eigenvalue weighted by Gasteiger charge is 2.30. The molecule has 0 aliphatic rings. The number of alkyl halides is 2. The number of halogens is 3. The third kappa shape index (κ3) is 6.96. The van der Waals surface area contributed by atoms with E-state index in [1.165, 1.54) is 38.1 Å². The van der Waals surface area contributed by atoms with E-state index in [9.17, 15) is 23.1 Å². The Labute approximate surface area is 208 Å². The molecule has 3 rings (SSSR count). The van der Waals surface area contributed by atoms with Gasteiger partial charge in [-0.3, -0.25) is 0 Å². The van der Waals surface area contributed by atoms with Crippen LogP contribution in [0.5, 0.6) is 5.75 Å². The Morgan fingerprint density at radius 1 is 1.00 bits per heavy atom. The van der Waals surface area contributed by atoms with E-state index in [0.29, 0.717) is 31.0 Å². The second-order valence-electron chi connectivity index (χ2n) is 9.18. The van der Waals surface area contributed by atoms with Gasteiger partial charge in [0.05, 0.1) is 0 Å². The summed E-state index contributed by atoms with van der Waals surface area (Å²) in [5, 5.41) is 9.21. The molecule has 1 heterocycles. The van der Waals surface area contributed by atoms with Crippen LogP contribution in [0.4, 0.5) is 19.1 Å². The first-order valence-corrected chi connectivity index (χ1v) is 11.6. The van der Waals surface area contributed by atoms with Gasteiger partial charge in [0.25, 0.3) is 5.92 Å². The average Bonchev–Trinajstić information content (AvgIpc) is 2.83. The van der Waals surface area contributed by atoms with E-state index in [2.05, 4.69) is 9.97 Å². The molecule has 6 nitrogen and oxygen atoms in total. The number of aliphatic carboxylic acids is 1. The summed E-state index contributed by atoms with van der Waals surface area (Å²) < 4.78 is 47.1. The van der Waals surface area contributed by atoms with Crippen LogP contribution in [0.25, 0.3) is 0 Å². The van der Waals surface area contributed by atoms with Crippen molar-refractivity contribution in [2.75, 3.05) is 11.4 Å². The number of aromatic nitrogens is 2. The monoisotopic (exact) mass is 501 g/mol. The third-order valence-corrected chi connectivity index (χ3v) is 5.76. The van der Waals surface area contributed by atoms with Crippen LogP contribution in [0.3, 0.4) is 0 Å². The van der Waals surface area contributed by atoms with Gasteiger partial charge in [0, 0.05) is 38.0 Å². The van der Waals surface area contributed by atoms with E-state index in [0.717, 1.165) is 24.5 Å². The van der Waals surface area contributed by atoms with Crippen molar-refractivity contribution in [3.05, 3.63) is 82.9 Å². The Kier molecular flexibility index (Phi) is 8.22. The predicted octanol–water partition coefficient (Wildman–Crippen LogP) is 5.78. The average molecular weight is 502 g/mol. The Morgan fingerprint density at radius 2 is 1.61 bits per heavy atom. The summed E-state index contributed by atoms with van der Waals surface area (Å²) in [5.74, 6) is -4.45. The summed E-state index contributed by atoms with van der Waals surface area (Å²) in [7, 11) is 0. The normalized spacial score (nSPS) is 11.9. The molecular weight excluding hydrogens is 471 g/mol. The maximum absolute atomic E-state index is 14.6.